The summed E-state index contributed by atoms with van der Waals surface area (Å²) in [6.45, 7) is 3.91. The van der Waals surface area contributed by atoms with Crippen molar-refractivity contribution >= 4 is 5.96 Å². The minimum Gasteiger partial charge on any atom is -0.382 e. The number of nitrogens with zero attached hydrogens (tertiary/aromatic N) is 1. The molecule has 0 bridgehead atoms. The Balaban J connectivity index is 3.12. The molecule has 0 radical (unpaired) electrons. The van der Waals surface area contributed by atoms with Crippen LogP contribution in [0.25, 0.3) is 0 Å². The molecule has 0 fully saturated rings. The van der Waals surface area contributed by atoms with E-state index >= 15 is 0 Å². The summed E-state index contributed by atoms with van der Waals surface area (Å²) in [5.74, 6) is 0.0431. The van der Waals surface area contributed by atoms with Crippen molar-refractivity contribution < 1.29 is 9.94 Å². The Hall–Kier alpha value is -0.810. The summed E-state index contributed by atoms with van der Waals surface area (Å²) < 4.78 is 5.06. The average molecular weight is 161 g/mol. The van der Waals surface area contributed by atoms with Gasteiger partial charge in [-0.05, 0) is 13.3 Å². The van der Waals surface area contributed by atoms with Crippen molar-refractivity contribution in [3.05, 3.63) is 0 Å². The summed E-state index contributed by atoms with van der Waals surface area (Å²) in [7, 11) is 0. The molecule has 5 heteroatoms. The first-order valence-electron chi connectivity index (χ1n) is 3.59. The fourth-order valence-electron chi connectivity index (χ4n) is 0.546. The van der Waals surface area contributed by atoms with Gasteiger partial charge in [-0.25, -0.2) is 5.48 Å². The van der Waals surface area contributed by atoms with Gasteiger partial charge in [-0.1, -0.05) is 0 Å². The van der Waals surface area contributed by atoms with Crippen molar-refractivity contribution in [1.29, 1.82) is 0 Å². The highest BCUT2D eigenvalue weighted by Gasteiger charge is 1.87. The van der Waals surface area contributed by atoms with E-state index in [-0.39, 0.29) is 5.96 Å². The molecule has 0 saturated heterocycles. The number of nitrogens with two attached hydrogens (primary N) is 1. The van der Waals surface area contributed by atoms with Gasteiger partial charge in [0.15, 0.2) is 0 Å². The van der Waals surface area contributed by atoms with Crippen LogP contribution in [0.3, 0.4) is 0 Å². The SMILES string of the molecule is CCOCCCN=C(N)NO. The molecular weight excluding hydrogens is 146 g/mol. The smallest absolute Gasteiger partial charge is 0.212 e. The van der Waals surface area contributed by atoms with Gasteiger partial charge in [-0.3, -0.25) is 10.2 Å². The van der Waals surface area contributed by atoms with Crippen molar-refractivity contribution in [2.24, 2.45) is 10.7 Å². The molecule has 0 aliphatic heterocycles. The van der Waals surface area contributed by atoms with E-state index in [2.05, 4.69) is 4.99 Å². The molecule has 0 heterocycles. The second-order valence-electron chi connectivity index (χ2n) is 1.93. The maximum Gasteiger partial charge on any atom is 0.212 e. The quantitative estimate of drug-likeness (QED) is 0.224. The molecule has 0 aromatic rings. The molecule has 0 spiro atoms. The summed E-state index contributed by atoms with van der Waals surface area (Å²) in [5, 5.41) is 8.20. The lowest BCUT2D eigenvalue weighted by Crippen LogP contribution is -2.28. The third-order valence-corrected chi connectivity index (χ3v) is 1.05. The maximum atomic E-state index is 8.20. The minimum atomic E-state index is 0.0431. The zero-order valence-electron chi connectivity index (χ0n) is 6.71. The zero-order chi connectivity index (χ0) is 8.53. The largest absolute Gasteiger partial charge is 0.382 e. The van der Waals surface area contributed by atoms with Gasteiger partial charge < -0.3 is 10.5 Å². The van der Waals surface area contributed by atoms with Crippen LogP contribution in [0.5, 0.6) is 0 Å². The van der Waals surface area contributed by atoms with Crippen LogP contribution in [0.15, 0.2) is 4.99 Å². The third-order valence-electron chi connectivity index (χ3n) is 1.05. The van der Waals surface area contributed by atoms with Crippen LogP contribution in [0.2, 0.25) is 0 Å². The Morgan fingerprint density at radius 1 is 1.73 bits per heavy atom. The fourth-order valence-corrected chi connectivity index (χ4v) is 0.546. The molecule has 4 N–H and O–H groups in total. The number of hydroxylamine groups is 1. The molecule has 5 nitrogen and oxygen atoms in total. The van der Waals surface area contributed by atoms with Crippen LogP contribution in [-0.2, 0) is 4.74 Å². The van der Waals surface area contributed by atoms with Crippen LogP contribution in [0.4, 0.5) is 0 Å². The number of aliphatic imine (C=N–C) groups is 1. The van der Waals surface area contributed by atoms with Crippen LogP contribution in [0.1, 0.15) is 13.3 Å². The Bertz CT molecular complexity index is 116. The molecule has 0 rings (SSSR count). The molecule has 0 atom stereocenters. The number of guanidine groups is 1. The number of hydrogen-bond acceptors (Lipinski definition) is 3. The topological polar surface area (TPSA) is 79.9 Å². The van der Waals surface area contributed by atoms with Crippen molar-refractivity contribution in [3.63, 3.8) is 0 Å². The normalized spacial score (nSPS) is 11.6. The zero-order valence-corrected chi connectivity index (χ0v) is 6.71. The molecule has 66 valence electrons. The van der Waals surface area contributed by atoms with Crippen LogP contribution < -0.4 is 11.2 Å². The molecule has 0 amide bonds. The van der Waals surface area contributed by atoms with Crippen molar-refractivity contribution in [3.8, 4) is 0 Å². The summed E-state index contributed by atoms with van der Waals surface area (Å²) in [6, 6.07) is 0. The van der Waals surface area contributed by atoms with E-state index in [9.17, 15) is 0 Å². The molecule has 0 aliphatic rings. The number of hydrogen-bond donors (Lipinski definition) is 3. The Labute approximate surface area is 66.2 Å². The predicted octanol–water partition coefficient (Wildman–Crippen LogP) is -0.293. The molecule has 0 aromatic carbocycles. The van der Waals surface area contributed by atoms with Crippen molar-refractivity contribution in [2.75, 3.05) is 19.8 Å². The van der Waals surface area contributed by atoms with Crippen molar-refractivity contribution in [1.82, 2.24) is 5.48 Å². The average Bonchev–Trinajstić information content (AvgIpc) is 2.04. The van der Waals surface area contributed by atoms with Gasteiger partial charge in [0.1, 0.15) is 0 Å². The van der Waals surface area contributed by atoms with Gasteiger partial charge >= 0.3 is 0 Å². The number of ether oxygens (including phenoxy) is 1. The first-order chi connectivity index (χ1) is 5.31. The molecular formula is C6H15N3O2. The Morgan fingerprint density at radius 2 is 2.45 bits per heavy atom. The lowest BCUT2D eigenvalue weighted by Gasteiger charge is -1.98. The summed E-state index contributed by atoms with van der Waals surface area (Å²) >= 11 is 0. The third kappa shape index (κ3) is 7.08. The van der Waals surface area contributed by atoms with E-state index in [0.29, 0.717) is 13.2 Å². The number of nitrogens with one attached hydrogen (secondary N) is 1. The lowest BCUT2D eigenvalue weighted by atomic mass is 10.5. The standard InChI is InChI=1S/C6H15N3O2/c1-2-11-5-3-4-8-6(7)9-10/h10H,2-5H2,1H3,(H3,7,8,9). The van der Waals surface area contributed by atoms with E-state index in [0.717, 1.165) is 13.0 Å². The summed E-state index contributed by atoms with van der Waals surface area (Å²) in [6.07, 6.45) is 0.816. The Morgan fingerprint density at radius 3 is 3.00 bits per heavy atom. The van der Waals surface area contributed by atoms with E-state index in [1.165, 1.54) is 0 Å². The Kier molecular flexibility index (Phi) is 6.76. The van der Waals surface area contributed by atoms with Gasteiger partial charge in [0, 0.05) is 19.8 Å². The van der Waals surface area contributed by atoms with E-state index < -0.39 is 0 Å². The summed E-state index contributed by atoms with van der Waals surface area (Å²) in [5.41, 5.74) is 6.88. The second kappa shape index (κ2) is 7.30. The monoisotopic (exact) mass is 161 g/mol. The minimum absolute atomic E-state index is 0.0431. The molecule has 0 aliphatic carbocycles. The second-order valence-corrected chi connectivity index (χ2v) is 1.93. The summed E-state index contributed by atoms with van der Waals surface area (Å²) in [4.78, 5) is 3.77. The lowest BCUT2D eigenvalue weighted by molar-refractivity contribution is 0.146. The van der Waals surface area contributed by atoms with E-state index in [1.54, 1.807) is 5.48 Å². The highest BCUT2D eigenvalue weighted by atomic mass is 16.5. The first kappa shape index (κ1) is 10.2. The predicted molar refractivity (Wildman–Crippen MR) is 42.5 cm³/mol. The van der Waals surface area contributed by atoms with Gasteiger partial charge in [0.05, 0.1) is 0 Å². The van der Waals surface area contributed by atoms with Gasteiger partial charge in [0.2, 0.25) is 5.96 Å². The first-order valence-corrected chi connectivity index (χ1v) is 3.59. The van der Waals surface area contributed by atoms with Gasteiger partial charge in [-0.15, -0.1) is 0 Å². The van der Waals surface area contributed by atoms with Crippen molar-refractivity contribution in [2.45, 2.75) is 13.3 Å². The molecule has 11 heavy (non-hydrogen) atoms. The van der Waals surface area contributed by atoms with Crippen LogP contribution >= 0.6 is 0 Å². The highest BCUT2D eigenvalue weighted by Crippen LogP contribution is 1.82. The van der Waals surface area contributed by atoms with E-state index in [4.69, 9.17) is 15.7 Å². The van der Waals surface area contributed by atoms with Gasteiger partial charge in [0.25, 0.3) is 0 Å². The number of rotatable bonds is 5. The highest BCUT2D eigenvalue weighted by molar-refractivity contribution is 5.76. The van der Waals surface area contributed by atoms with E-state index in [1.807, 2.05) is 6.92 Å². The fraction of sp³-hybridized carbons (Fsp3) is 0.833. The van der Waals surface area contributed by atoms with Crippen LogP contribution in [0, 0.1) is 0 Å². The van der Waals surface area contributed by atoms with Gasteiger partial charge in [-0.2, -0.15) is 0 Å². The molecule has 0 saturated carbocycles. The van der Waals surface area contributed by atoms with Crippen LogP contribution in [-0.4, -0.2) is 30.9 Å². The molecule has 0 unspecified atom stereocenters. The maximum absolute atomic E-state index is 8.20. The molecule has 0 aromatic heterocycles.